The van der Waals surface area contributed by atoms with Crippen molar-refractivity contribution in [3.8, 4) is 0 Å². The maximum atomic E-state index is 11.8. The Morgan fingerprint density at radius 1 is 1.25 bits per heavy atom. The van der Waals surface area contributed by atoms with E-state index in [1.165, 1.54) is 12.1 Å². The van der Waals surface area contributed by atoms with Crippen LogP contribution in [0.5, 0.6) is 0 Å². The number of aryl methyl sites for hydroxylation is 2. The van der Waals surface area contributed by atoms with Crippen molar-refractivity contribution in [2.45, 2.75) is 6.92 Å². The van der Waals surface area contributed by atoms with Crippen LogP contribution in [0, 0.1) is 6.92 Å². The number of amides is 2. The lowest BCUT2D eigenvalue weighted by atomic mass is 10.2. The van der Waals surface area contributed by atoms with Crippen LogP contribution < -0.4 is 10.6 Å². The highest BCUT2D eigenvalue weighted by atomic mass is 16.4. The van der Waals surface area contributed by atoms with Gasteiger partial charge in [-0.3, -0.25) is 10.00 Å². The van der Waals surface area contributed by atoms with Crippen molar-refractivity contribution in [2.75, 3.05) is 10.6 Å². The van der Waals surface area contributed by atoms with Crippen LogP contribution in [0.4, 0.5) is 16.3 Å². The number of carbonyl (C=O) groups excluding carboxylic acids is 1. The van der Waals surface area contributed by atoms with Gasteiger partial charge in [0.05, 0.1) is 5.56 Å². The van der Waals surface area contributed by atoms with Crippen LogP contribution in [0.2, 0.25) is 0 Å². The minimum atomic E-state index is -1.05. The fourth-order valence-electron chi connectivity index (χ4n) is 1.63. The van der Waals surface area contributed by atoms with Crippen LogP contribution >= 0.6 is 0 Å². The zero-order valence-electron chi connectivity index (χ0n) is 11.0. The average Bonchev–Trinajstić information content (AvgIpc) is 2.68. The molecule has 0 unspecified atom stereocenters. The molecule has 0 saturated heterocycles. The monoisotopic (exact) mass is 274 g/mol. The Kier molecular flexibility index (Phi) is 3.69. The molecule has 0 radical (unpaired) electrons. The highest BCUT2D eigenvalue weighted by molar-refractivity contribution is 6.00. The van der Waals surface area contributed by atoms with Crippen molar-refractivity contribution in [3.05, 3.63) is 41.6 Å². The quantitative estimate of drug-likeness (QED) is 0.798. The first-order valence-electron chi connectivity index (χ1n) is 5.87. The summed E-state index contributed by atoms with van der Waals surface area (Å²) in [5.74, 6) is -0.619. The van der Waals surface area contributed by atoms with Crippen molar-refractivity contribution < 1.29 is 14.7 Å². The second-order valence-corrected chi connectivity index (χ2v) is 4.26. The summed E-state index contributed by atoms with van der Waals surface area (Å²) < 4.78 is 1.64. The van der Waals surface area contributed by atoms with E-state index in [4.69, 9.17) is 5.11 Å². The predicted molar refractivity (Wildman–Crippen MR) is 74.0 cm³/mol. The lowest BCUT2D eigenvalue weighted by Gasteiger charge is -2.06. The van der Waals surface area contributed by atoms with Gasteiger partial charge in [0.15, 0.2) is 5.82 Å². The summed E-state index contributed by atoms with van der Waals surface area (Å²) in [6.45, 7) is 1.87. The fraction of sp³-hybridized carbons (Fsp3) is 0.154. The second-order valence-electron chi connectivity index (χ2n) is 4.26. The van der Waals surface area contributed by atoms with E-state index in [9.17, 15) is 9.59 Å². The summed E-state index contributed by atoms with van der Waals surface area (Å²) in [5, 5.41) is 18.1. The molecule has 0 aliphatic rings. The van der Waals surface area contributed by atoms with E-state index in [2.05, 4.69) is 15.7 Å². The zero-order valence-corrected chi connectivity index (χ0v) is 11.0. The summed E-state index contributed by atoms with van der Waals surface area (Å²) in [6, 6.07) is 7.25. The van der Waals surface area contributed by atoms with Gasteiger partial charge in [-0.25, -0.2) is 9.59 Å². The normalized spacial score (nSPS) is 10.1. The summed E-state index contributed by atoms with van der Waals surface area (Å²) >= 11 is 0. The SMILES string of the molecule is Cc1cc(NC(=O)Nc2cccc(C(=O)O)c2)nn1C. The second kappa shape index (κ2) is 5.43. The summed E-state index contributed by atoms with van der Waals surface area (Å²) in [6.07, 6.45) is 0. The fourth-order valence-corrected chi connectivity index (χ4v) is 1.63. The molecule has 0 aliphatic heterocycles. The Morgan fingerprint density at radius 3 is 2.60 bits per heavy atom. The van der Waals surface area contributed by atoms with Crippen LogP contribution in [0.25, 0.3) is 0 Å². The van der Waals surface area contributed by atoms with Gasteiger partial charge in [0.1, 0.15) is 0 Å². The average molecular weight is 274 g/mol. The highest BCUT2D eigenvalue weighted by Crippen LogP contribution is 2.12. The first kappa shape index (κ1) is 13.6. The molecule has 1 heterocycles. The molecular weight excluding hydrogens is 260 g/mol. The molecule has 1 aromatic carbocycles. The number of anilines is 2. The number of carboxylic acids is 1. The molecule has 20 heavy (non-hydrogen) atoms. The number of aromatic carboxylic acids is 1. The Morgan fingerprint density at radius 2 is 2.00 bits per heavy atom. The number of hydrogen-bond acceptors (Lipinski definition) is 3. The van der Waals surface area contributed by atoms with E-state index in [1.807, 2.05) is 6.92 Å². The van der Waals surface area contributed by atoms with Gasteiger partial charge < -0.3 is 10.4 Å². The van der Waals surface area contributed by atoms with Crippen LogP contribution in [-0.2, 0) is 7.05 Å². The molecule has 0 atom stereocenters. The number of carboxylic acid groups (broad SMARTS) is 1. The van der Waals surface area contributed by atoms with Gasteiger partial charge in [-0.1, -0.05) is 6.07 Å². The molecular formula is C13H14N4O3. The molecule has 0 saturated carbocycles. The Labute approximate surface area is 115 Å². The van der Waals surface area contributed by atoms with Crippen molar-refractivity contribution >= 4 is 23.5 Å². The maximum absolute atomic E-state index is 11.8. The number of benzene rings is 1. The van der Waals surface area contributed by atoms with Crippen LogP contribution in [0.3, 0.4) is 0 Å². The topological polar surface area (TPSA) is 96.2 Å². The van der Waals surface area contributed by atoms with E-state index in [-0.39, 0.29) is 5.56 Å². The third kappa shape index (κ3) is 3.14. The van der Waals surface area contributed by atoms with Crippen LogP contribution in [0.1, 0.15) is 16.1 Å². The van der Waals surface area contributed by atoms with E-state index < -0.39 is 12.0 Å². The number of nitrogens with one attached hydrogen (secondary N) is 2. The van der Waals surface area contributed by atoms with Crippen LogP contribution in [-0.4, -0.2) is 26.9 Å². The Balaban J connectivity index is 2.04. The highest BCUT2D eigenvalue weighted by Gasteiger charge is 2.08. The molecule has 1 aromatic heterocycles. The lowest BCUT2D eigenvalue weighted by Crippen LogP contribution is -2.20. The molecule has 0 bridgehead atoms. The maximum Gasteiger partial charge on any atom is 0.335 e. The minimum Gasteiger partial charge on any atom is -0.478 e. The largest absolute Gasteiger partial charge is 0.478 e. The molecule has 2 rings (SSSR count). The van der Waals surface area contributed by atoms with E-state index in [0.717, 1.165) is 5.69 Å². The third-order valence-corrected chi connectivity index (χ3v) is 2.72. The smallest absolute Gasteiger partial charge is 0.335 e. The number of carbonyl (C=O) groups is 2. The molecule has 0 aliphatic carbocycles. The van der Waals surface area contributed by atoms with E-state index in [1.54, 1.807) is 29.9 Å². The van der Waals surface area contributed by atoms with Gasteiger partial charge in [0.2, 0.25) is 0 Å². The molecule has 0 fully saturated rings. The van der Waals surface area contributed by atoms with E-state index >= 15 is 0 Å². The zero-order chi connectivity index (χ0) is 14.7. The van der Waals surface area contributed by atoms with Gasteiger partial charge >= 0.3 is 12.0 Å². The van der Waals surface area contributed by atoms with Gasteiger partial charge in [-0.15, -0.1) is 0 Å². The number of nitrogens with zero attached hydrogens (tertiary/aromatic N) is 2. The molecule has 2 aromatic rings. The lowest BCUT2D eigenvalue weighted by molar-refractivity contribution is 0.0697. The summed E-state index contributed by atoms with van der Waals surface area (Å²) in [7, 11) is 1.77. The Hall–Kier alpha value is -2.83. The summed E-state index contributed by atoms with van der Waals surface area (Å²) in [5.41, 5.74) is 1.42. The first-order chi connectivity index (χ1) is 9.45. The number of rotatable bonds is 3. The minimum absolute atomic E-state index is 0.108. The first-order valence-corrected chi connectivity index (χ1v) is 5.87. The van der Waals surface area contributed by atoms with Crippen molar-refractivity contribution in [1.82, 2.24) is 9.78 Å². The molecule has 7 nitrogen and oxygen atoms in total. The number of hydrogen-bond donors (Lipinski definition) is 3. The van der Waals surface area contributed by atoms with Gasteiger partial charge in [0, 0.05) is 24.5 Å². The van der Waals surface area contributed by atoms with Gasteiger partial charge in [0.25, 0.3) is 0 Å². The van der Waals surface area contributed by atoms with Crippen molar-refractivity contribution in [3.63, 3.8) is 0 Å². The molecule has 2 amide bonds. The molecule has 104 valence electrons. The third-order valence-electron chi connectivity index (χ3n) is 2.72. The predicted octanol–water partition coefficient (Wildman–Crippen LogP) is 2.07. The Bertz CT molecular complexity index is 644. The van der Waals surface area contributed by atoms with Gasteiger partial charge in [-0.05, 0) is 25.1 Å². The van der Waals surface area contributed by atoms with Crippen molar-refractivity contribution in [1.29, 1.82) is 0 Å². The molecule has 0 spiro atoms. The standard InChI is InChI=1S/C13H14N4O3/c1-8-6-11(16-17(8)2)15-13(20)14-10-5-3-4-9(7-10)12(18)19/h3-7H,1-2H3,(H,18,19)(H2,14,15,16,20). The summed E-state index contributed by atoms with van der Waals surface area (Å²) in [4.78, 5) is 22.6. The van der Waals surface area contributed by atoms with Crippen LogP contribution in [0.15, 0.2) is 30.3 Å². The molecule has 3 N–H and O–H groups in total. The van der Waals surface area contributed by atoms with E-state index in [0.29, 0.717) is 11.5 Å². The number of urea groups is 1. The number of aromatic nitrogens is 2. The van der Waals surface area contributed by atoms with Gasteiger partial charge in [-0.2, -0.15) is 5.10 Å². The van der Waals surface area contributed by atoms with Crippen molar-refractivity contribution in [2.24, 2.45) is 7.05 Å². The molecule has 7 heteroatoms.